The van der Waals surface area contributed by atoms with Crippen LogP contribution >= 0.6 is 28.5 Å². The number of thiazole rings is 1. The fraction of sp³-hybridized carbons (Fsp3) is 0.0455. The van der Waals surface area contributed by atoms with Crippen LogP contribution in [0.1, 0.15) is 5.69 Å². The summed E-state index contributed by atoms with van der Waals surface area (Å²) in [6.45, 7) is 0. The van der Waals surface area contributed by atoms with Gasteiger partial charge in [-0.05, 0) is 0 Å². The molecule has 1 aromatic heterocycles. The molecule has 0 amide bonds. The van der Waals surface area contributed by atoms with Gasteiger partial charge in [0.1, 0.15) is 0 Å². The molecule has 0 atom stereocenters. The monoisotopic (exact) mass is 395 g/mol. The van der Waals surface area contributed by atoms with Crippen molar-refractivity contribution in [3.05, 3.63) is 108 Å². The Labute approximate surface area is 163 Å². The Morgan fingerprint density at radius 1 is 0.692 bits per heavy atom. The van der Waals surface area contributed by atoms with Crippen LogP contribution in [0.2, 0.25) is 0 Å². The third-order valence-corrected chi connectivity index (χ3v) is 12.6. The molecular weight excluding hydrogens is 377 g/mol. The summed E-state index contributed by atoms with van der Waals surface area (Å²) in [6, 6.07) is 31.6. The van der Waals surface area contributed by atoms with E-state index in [1.54, 1.807) is 11.3 Å². The first kappa shape index (κ1) is 17.4. The van der Waals surface area contributed by atoms with Crippen LogP contribution in [0.3, 0.4) is 0 Å². The standard InChI is InChI=1S/C22H19ClNPS/c23-25(16-19-17-26-18-24-19,20-10-4-1-5-11-20,21-12-6-2-7-13-21)22-14-8-3-9-15-22/h1-15,17-18H,16H2. The molecular formula is C22H19ClNPS. The van der Waals surface area contributed by atoms with Crippen molar-refractivity contribution in [1.29, 1.82) is 0 Å². The van der Waals surface area contributed by atoms with E-state index in [1.807, 2.05) is 23.7 Å². The Morgan fingerprint density at radius 3 is 1.46 bits per heavy atom. The van der Waals surface area contributed by atoms with Crippen LogP contribution < -0.4 is 15.9 Å². The van der Waals surface area contributed by atoms with Gasteiger partial charge >= 0.3 is 163 Å². The average Bonchev–Trinajstić information content (AvgIpc) is 3.23. The fourth-order valence-electron chi connectivity index (χ4n) is 3.56. The zero-order valence-corrected chi connectivity index (χ0v) is 16.7. The van der Waals surface area contributed by atoms with Gasteiger partial charge in [-0.15, -0.1) is 0 Å². The van der Waals surface area contributed by atoms with Gasteiger partial charge in [0.2, 0.25) is 0 Å². The summed E-state index contributed by atoms with van der Waals surface area (Å²) in [5.41, 5.74) is 2.92. The SMILES string of the molecule is ClP(Cc1cscn1)(c1ccccc1)(c1ccccc1)c1ccccc1. The van der Waals surface area contributed by atoms with Crippen LogP contribution in [0.4, 0.5) is 0 Å². The van der Waals surface area contributed by atoms with Gasteiger partial charge in [0, 0.05) is 0 Å². The fourth-order valence-corrected chi connectivity index (χ4v) is 10.2. The van der Waals surface area contributed by atoms with E-state index in [4.69, 9.17) is 11.2 Å². The summed E-state index contributed by atoms with van der Waals surface area (Å²) < 4.78 is 0. The molecule has 0 aliphatic carbocycles. The molecule has 0 saturated heterocycles. The van der Waals surface area contributed by atoms with Gasteiger partial charge in [-0.2, -0.15) is 0 Å². The maximum atomic E-state index is 7.96. The second-order valence-corrected chi connectivity index (χ2v) is 13.5. The molecule has 0 unspecified atom stereocenters. The molecule has 4 heteroatoms. The van der Waals surface area contributed by atoms with Crippen LogP contribution in [-0.2, 0) is 6.16 Å². The predicted octanol–water partition coefficient (Wildman–Crippen LogP) is 5.33. The van der Waals surface area contributed by atoms with Gasteiger partial charge < -0.3 is 0 Å². The van der Waals surface area contributed by atoms with Crippen molar-refractivity contribution >= 4 is 44.4 Å². The maximum absolute atomic E-state index is 7.96. The van der Waals surface area contributed by atoms with E-state index >= 15 is 0 Å². The summed E-state index contributed by atoms with van der Waals surface area (Å²) in [5.74, 6) is -3.22. The van der Waals surface area contributed by atoms with Crippen LogP contribution in [0.5, 0.6) is 0 Å². The Kier molecular flexibility index (Phi) is 4.67. The normalized spacial score (nSPS) is 13.0. The van der Waals surface area contributed by atoms with Crippen molar-refractivity contribution in [1.82, 2.24) is 4.98 Å². The summed E-state index contributed by atoms with van der Waals surface area (Å²) in [5, 5.41) is 5.63. The Morgan fingerprint density at radius 2 is 1.12 bits per heavy atom. The van der Waals surface area contributed by atoms with Crippen molar-refractivity contribution < 1.29 is 0 Å². The number of halogens is 1. The van der Waals surface area contributed by atoms with Crippen molar-refractivity contribution in [2.75, 3.05) is 0 Å². The van der Waals surface area contributed by atoms with Crippen LogP contribution in [0, 0.1) is 0 Å². The third-order valence-electron chi connectivity index (χ3n) is 4.83. The first-order valence-corrected chi connectivity index (χ1v) is 12.8. The molecule has 0 N–H and O–H groups in total. The van der Waals surface area contributed by atoms with Gasteiger partial charge in [-0.25, -0.2) is 0 Å². The third kappa shape index (κ3) is 2.79. The zero-order chi connectivity index (χ0) is 17.9. The quantitative estimate of drug-likeness (QED) is 0.416. The predicted molar refractivity (Wildman–Crippen MR) is 117 cm³/mol. The molecule has 4 rings (SSSR count). The summed E-state index contributed by atoms with van der Waals surface area (Å²) >= 11 is 9.58. The van der Waals surface area contributed by atoms with E-state index in [1.165, 1.54) is 15.9 Å². The molecule has 4 aromatic rings. The average molecular weight is 396 g/mol. The van der Waals surface area contributed by atoms with E-state index < -0.39 is 5.96 Å². The van der Waals surface area contributed by atoms with Gasteiger partial charge in [0.25, 0.3) is 0 Å². The van der Waals surface area contributed by atoms with Crippen LogP contribution in [0.25, 0.3) is 0 Å². The van der Waals surface area contributed by atoms with E-state index in [0.717, 1.165) is 5.69 Å². The van der Waals surface area contributed by atoms with Crippen molar-refractivity contribution in [3.63, 3.8) is 0 Å². The molecule has 0 aliphatic heterocycles. The topological polar surface area (TPSA) is 12.9 Å². The Hall–Kier alpha value is -1.99. The van der Waals surface area contributed by atoms with Crippen LogP contribution in [-0.4, -0.2) is 4.98 Å². The molecule has 26 heavy (non-hydrogen) atoms. The van der Waals surface area contributed by atoms with Gasteiger partial charge in [0.05, 0.1) is 0 Å². The molecule has 0 spiro atoms. The zero-order valence-electron chi connectivity index (χ0n) is 14.2. The van der Waals surface area contributed by atoms with E-state index in [9.17, 15) is 0 Å². The van der Waals surface area contributed by atoms with Gasteiger partial charge in [-0.1, -0.05) is 0 Å². The molecule has 1 heterocycles. The Balaban J connectivity index is 2.10. The van der Waals surface area contributed by atoms with Crippen molar-refractivity contribution in [2.24, 2.45) is 0 Å². The first-order chi connectivity index (χ1) is 12.7. The van der Waals surface area contributed by atoms with Crippen LogP contribution in [0.15, 0.2) is 102 Å². The summed E-state index contributed by atoms with van der Waals surface area (Å²) in [6.07, 6.45) is 0.703. The summed E-state index contributed by atoms with van der Waals surface area (Å²) in [7, 11) is 0. The number of hydrogen-bond acceptors (Lipinski definition) is 2. The molecule has 1 nitrogen and oxygen atoms in total. The number of rotatable bonds is 5. The molecule has 0 bridgehead atoms. The second-order valence-electron chi connectivity index (χ2n) is 6.33. The number of nitrogens with zero attached hydrogens (tertiary/aromatic N) is 1. The van der Waals surface area contributed by atoms with E-state index in [2.05, 4.69) is 83.2 Å². The molecule has 0 fully saturated rings. The molecule has 0 saturated carbocycles. The molecule has 0 radical (unpaired) electrons. The number of benzene rings is 3. The van der Waals surface area contributed by atoms with Crippen molar-refractivity contribution in [3.8, 4) is 0 Å². The minimum absolute atomic E-state index is 0.703. The Bertz CT molecular complexity index is 873. The molecule has 3 aromatic carbocycles. The first-order valence-electron chi connectivity index (χ1n) is 8.48. The van der Waals surface area contributed by atoms with E-state index in [0.29, 0.717) is 6.16 Å². The molecule has 0 aliphatic rings. The summed E-state index contributed by atoms with van der Waals surface area (Å²) in [4.78, 5) is 4.59. The van der Waals surface area contributed by atoms with Gasteiger partial charge in [0.15, 0.2) is 0 Å². The second kappa shape index (κ2) is 6.96. The minimum atomic E-state index is -3.22. The number of aromatic nitrogens is 1. The van der Waals surface area contributed by atoms with E-state index in [-0.39, 0.29) is 0 Å². The van der Waals surface area contributed by atoms with Gasteiger partial charge in [-0.3, -0.25) is 0 Å². The number of hydrogen-bond donors (Lipinski definition) is 0. The molecule has 130 valence electrons. The van der Waals surface area contributed by atoms with Crippen molar-refractivity contribution in [2.45, 2.75) is 6.16 Å².